The van der Waals surface area contributed by atoms with Gasteiger partial charge in [0.05, 0.1) is 12.3 Å². The van der Waals surface area contributed by atoms with Gasteiger partial charge in [-0.3, -0.25) is 0 Å². The molecule has 0 atom stereocenters. The number of hydrogen-bond acceptors (Lipinski definition) is 2. The Morgan fingerprint density at radius 1 is 1.22 bits per heavy atom. The van der Waals surface area contributed by atoms with Crippen LogP contribution < -0.4 is 5.32 Å². The predicted molar refractivity (Wildman–Crippen MR) is 72.2 cm³/mol. The van der Waals surface area contributed by atoms with Gasteiger partial charge in [0.15, 0.2) is 0 Å². The highest BCUT2D eigenvalue weighted by Gasteiger charge is 2.27. The van der Waals surface area contributed by atoms with Crippen molar-refractivity contribution in [1.29, 1.82) is 0 Å². The molecular formula is C10H9Br2ClF3NO. The third-order valence-corrected chi connectivity index (χ3v) is 3.29. The van der Waals surface area contributed by atoms with Gasteiger partial charge < -0.3 is 10.1 Å². The zero-order valence-electron chi connectivity index (χ0n) is 8.95. The predicted octanol–water partition coefficient (Wildman–Crippen LogP) is 4.86. The Morgan fingerprint density at radius 2 is 1.78 bits per heavy atom. The fourth-order valence-electron chi connectivity index (χ4n) is 1.15. The molecule has 0 aliphatic heterocycles. The van der Waals surface area contributed by atoms with E-state index in [0.717, 1.165) is 14.6 Å². The number of anilines is 1. The Hall–Kier alpha value is 0.0200. The largest absolute Gasteiger partial charge is 0.411 e. The summed E-state index contributed by atoms with van der Waals surface area (Å²) in [7, 11) is 0. The molecule has 0 aromatic heterocycles. The maximum Gasteiger partial charge on any atom is 0.411 e. The highest BCUT2D eigenvalue weighted by atomic mass is 79.9. The molecule has 2 nitrogen and oxygen atoms in total. The number of nitrogens with one attached hydrogen (secondary N) is 1. The van der Waals surface area contributed by atoms with Crippen molar-refractivity contribution in [2.75, 3.05) is 25.1 Å². The molecule has 0 saturated carbocycles. The van der Waals surface area contributed by atoms with Gasteiger partial charge in [0, 0.05) is 20.5 Å². The normalized spacial score (nSPS) is 11.7. The number of halogens is 6. The lowest BCUT2D eigenvalue weighted by molar-refractivity contribution is -0.172. The van der Waals surface area contributed by atoms with E-state index >= 15 is 0 Å². The van der Waals surface area contributed by atoms with Gasteiger partial charge in [-0.05, 0) is 44.0 Å². The van der Waals surface area contributed by atoms with Crippen LogP contribution in [0.3, 0.4) is 0 Å². The summed E-state index contributed by atoms with van der Waals surface area (Å²) in [6.45, 7) is -1.02. The van der Waals surface area contributed by atoms with Crippen LogP contribution >= 0.6 is 43.5 Å². The van der Waals surface area contributed by atoms with E-state index in [4.69, 9.17) is 11.6 Å². The van der Waals surface area contributed by atoms with Crippen LogP contribution in [0.4, 0.5) is 18.9 Å². The summed E-state index contributed by atoms with van der Waals surface area (Å²) < 4.78 is 41.3. The molecule has 1 aromatic rings. The van der Waals surface area contributed by atoms with E-state index in [1.807, 2.05) is 0 Å². The van der Waals surface area contributed by atoms with Crippen molar-refractivity contribution in [1.82, 2.24) is 0 Å². The molecular weight excluding hydrogens is 402 g/mol. The first-order chi connectivity index (χ1) is 8.29. The molecule has 8 heteroatoms. The first kappa shape index (κ1) is 16.1. The molecule has 0 fully saturated rings. The zero-order valence-corrected chi connectivity index (χ0v) is 12.9. The lowest BCUT2D eigenvalue weighted by atomic mass is 10.3. The number of benzene rings is 1. The average molecular weight is 411 g/mol. The van der Waals surface area contributed by atoms with Gasteiger partial charge in [0.2, 0.25) is 0 Å². The minimum atomic E-state index is -4.29. The van der Waals surface area contributed by atoms with Crippen LogP contribution in [0.2, 0.25) is 5.02 Å². The molecule has 0 bridgehead atoms. The summed E-state index contributed by atoms with van der Waals surface area (Å²) in [5.74, 6) is 0. The molecule has 0 aliphatic rings. The van der Waals surface area contributed by atoms with Gasteiger partial charge in [0.1, 0.15) is 6.61 Å². The molecule has 1 aromatic carbocycles. The number of alkyl halides is 3. The summed E-state index contributed by atoms with van der Waals surface area (Å²) in [4.78, 5) is 0. The van der Waals surface area contributed by atoms with Crippen molar-refractivity contribution in [3.05, 3.63) is 26.1 Å². The van der Waals surface area contributed by atoms with E-state index in [2.05, 4.69) is 41.9 Å². The van der Waals surface area contributed by atoms with Crippen LogP contribution in [0.15, 0.2) is 21.1 Å². The maximum atomic E-state index is 11.8. The minimum Gasteiger partial charge on any atom is -0.381 e. The average Bonchev–Trinajstić information content (AvgIpc) is 2.19. The summed E-state index contributed by atoms with van der Waals surface area (Å²) in [5, 5.41) is 3.50. The van der Waals surface area contributed by atoms with Gasteiger partial charge in [0.25, 0.3) is 0 Å². The van der Waals surface area contributed by atoms with Crippen LogP contribution in [0.5, 0.6) is 0 Å². The molecule has 1 rings (SSSR count). The van der Waals surface area contributed by atoms with Crippen LogP contribution in [-0.2, 0) is 4.74 Å². The number of rotatable bonds is 5. The quantitative estimate of drug-likeness (QED) is 0.699. The fourth-order valence-corrected chi connectivity index (χ4v) is 3.10. The van der Waals surface area contributed by atoms with Crippen LogP contribution in [0, 0.1) is 0 Å². The van der Waals surface area contributed by atoms with E-state index in [9.17, 15) is 13.2 Å². The van der Waals surface area contributed by atoms with E-state index in [1.165, 1.54) is 0 Å². The van der Waals surface area contributed by atoms with E-state index in [0.29, 0.717) is 5.02 Å². The molecule has 0 heterocycles. The SMILES string of the molecule is FC(F)(F)COCCNc1c(Br)cc(Cl)cc1Br. The maximum absolute atomic E-state index is 11.8. The molecule has 0 amide bonds. The summed E-state index contributed by atoms with van der Waals surface area (Å²) >= 11 is 12.4. The lowest BCUT2D eigenvalue weighted by Crippen LogP contribution is -2.20. The van der Waals surface area contributed by atoms with Crippen LogP contribution in [0.1, 0.15) is 0 Å². The second-order valence-corrected chi connectivity index (χ2v) is 5.48. The lowest BCUT2D eigenvalue weighted by Gasteiger charge is -2.12. The minimum absolute atomic E-state index is 0.0407. The third-order valence-electron chi connectivity index (χ3n) is 1.82. The van der Waals surface area contributed by atoms with Crippen LogP contribution in [0.25, 0.3) is 0 Å². The molecule has 0 spiro atoms. The number of hydrogen-bond donors (Lipinski definition) is 1. The Morgan fingerprint density at radius 3 is 2.28 bits per heavy atom. The summed E-state index contributed by atoms with van der Waals surface area (Å²) in [5.41, 5.74) is 0.718. The Balaban J connectivity index is 2.41. The molecule has 0 radical (unpaired) electrons. The van der Waals surface area contributed by atoms with Crippen molar-refractivity contribution in [3.63, 3.8) is 0 Å². The van der Waals surface area contributed by atoms with Crippen molar-refractivity contribution in [2.45, 2.75) is 6.18 Å². The Labute approximate surface area is 124 Å². The van der Waals surface area contributed by atoms with Gasteiger partial charge in [-0.25, -0.2) is 0 Å². The molecule has 0 aliphatic carbocycles. The van der Waals surface area contributed by atoms with E-state index in [1.54, 1.807) is 12.1 Å². The van der Waals surface area contributed by atoms with E-state index < -0.39 is 12.8 Å². The van der Waals surface area contributed by atoms with Crippen molar-refractivity contribution in [3.8, 4) is 0 Å². The molecule has 0 saturated heterocycles. The first-order valence-electron chi connectivity index (χ1n) is 4.82. The molecule has 1 N–H and O–H groups in total. The fraction of sp³-hybridized carbons (Fsp3) is 0.400. The topological polar surface area (TPSA) is 21.3 Å². The van der Waals surface area contributed by atoms with Gasteiger partial charge >= 0.3 is 6.18 Å². The smallest absolute Gasteiger partial charge is 0.381 e. The second kappa shape index (κ2) is 6.98. The summed E-state index contributed by atoms with van der Waals surface area (Å²) in [6.07, 6.45) is -4.29. The molecule has 0 unspecified atom stereocenters. The van der Waals surface area contributed by atoms with E-state index in [-0.39, 0.29) is 13.2 Å². The highest BCUT2D eigenvalue weighted by molar-refractivity contribution is 9.11. The molecule has 18 heavy (non-hydrogen) atoms. The highest BCUT2D eigenvalue weighted by Crippen LogP contribution is 2.33. The first-order valence-corrected chi connectivity index (χ1v) is 6.79. The second-order valence-electron chi connectivity index (χ2n) is 3.34. The Kier molecular flexibility index (Phi) is 6.23. The standard InChI is InChI=1S/C10H9Br2ClF3NO/c11-7-3-6(13)4-8(12)9(7)17-1-2-18-5-10(14,15)16/h3-4,17H,1-2,5H2. The third kappa shape index (κ3) is 5.77. The molecule has 102 valence electrons. The monoisotopic (exact) mass is 409 g/mol. The summed E-state index contributed by atoms with van der Waals surface area (Å²) in [6, 6.07) is 3.37. The van der Waals surface area contributed by atoms with Gasteiger partial charge in [-0.2, -0.15) is 13.2 Å². The van der Waals surface area contributed by atoms with Crippen molar-refractivity contribution < 1.29 is 17.9 Å². The Bertz CT molecular complexity index is 392. The van der Waals surface area contributed by atoms with Crippen LogP contribution in [-0.4, -0.2) is 25.9 Å². The van der Waals surface area contributed by atoms with Crippen molar-refractivity contribution >= 4 is 49.1 Å². The number of ether oxygens (including phenoxy) is 1. The zero-order chi connectivity index (χ0) is 13.8. The van der Waals surface area contributed by atoms with Gasteiger partial charge in [-0.15, -0.1) is 0 Å². The van der Waals surface area contributed by atoms with Crippen molar-refractivity contribution in [2.24, 2.45) is 0 Å². The van der Waals surface area contributed by atoms with Gasteiger partial charge in [-0.1, -0.05) is 11.6 Å².